The van der Waals surface area contributed by atoms with E-state index in [4.69, 9.17) is 0 Å². The molecule has 2 unspecified atom stereocenters. The lowest BCUT2D eigenvalue weighted by molar-refractivity contribution is 0.902. The topological polar surface area (TPSA) is 27.3 Å². The lowest BCUT2D eigenvalue weighted by Crippen LogP contribution is -2.25. The lowest BCUT2D eigenvalue weighted by Gasteiger charge is -2.36. The van der Waals surface area contributed by atoms with E-state index < -0.39 is 16.4 Å². The highest BCUT2D eigenvalue weighted by atomic mass is 31.2. The van der Waals surface area contributed by atoms with Crippen molar-refractivity contribution in [1.29, 1.82) is 0 Å². The van der Waals surface area contributed by atoms with Gasteiger partial charge in [0, 0.05) is 22.0 Å². The Kier molecular flexibility index (Phi) is 7.11. The molecule has 0 heterocycles. The van der Waals surface area contributed by atoms with Gasteiger partial charge in [-0.25, -0.2) is 4.44 Å². The third-order valence-corrected chi connectivity index (χ3v) is 9.34. The Morgan fingerprint density at radius 2 is 0.767 bits per heavy atom. The summed E-state index contributed by atoms with van der Waals surface area (Å²) in [4.78, 5) is 0. The molecule has 0 aliphatic rings. The number of rotatable bonds is 8. The zero-order valence-electron chi connectivity index (χ0n) is 16.9. The first kappa shape index (κ1) is 20.6. The Morgan fingerprint density at radius 3 is 1.10 bits per heavy atom. The molecule has 0 aliphatic carbocycles. The van der Waals surface area contributed by atoms with Crippen LogP contribution in [0.25, 0.3) is 0 Å². The molecule has 4 aromatic rings. The van der Waals surface area contributed by atoms with Gasteiger partial charge in [0.05, 0.1) is 0 Å². The molecule has 0 saturated carbocycles. The third kappa shape index (κ3) is 5.26. The van der Waals surface area contributed by atoms with E-state index in [1.54, 1.807) is 0 Å². The Bertz CT molecular complexity index is 930. The summed E-state index contributed by atoms with van der Waals surface area (Å²) >= 11 is 0. The molecule has 0 spiro atoms. The van der Waals surface area contributed by atoms with Crippen LogP contribution in [-0.4, -0.2) is 11.5 Å². The van der Waals surface area contributed by atoms with E-state index in [1.165, 1.54) is 10.6 Å². The zero-order chi connectivity index (χ0) is 20.6. The highest BCUT2D eigenvalue weighted by Gasteiger charge is 2.26. The fourth-order valence-corrected chi connectivity index (χ4v) is 7.62. The molecule has 30 heavy (non-hydrogen) atoms. The van der Waals surface area contributed by atoms with Crippen LogP contribution in [-0.2, 0) is 0 Å². The van der Waals surface area contributed by atoms with Gasteiger partial charge in [-0.1, -0.05) is 97.1 Å². The summed E-state index contributed by atoms with van der Waals surface area (Å²) in [5.41, 5.74) is 2.25. The van der Waals surface area contributed by atoms with Crippen molar-refractivity contribution in [2.75, 3.05) is 17.2 Å². The van der Waals surface area contributed by atoms with Gasteiger partial charge in [0.2, 0.25) is 0 Å². The molecule has 2 atom stereocenters. The van der Waals surface area contributed by atoms with Gasteiger partial charge in [-0.3, -0.25) is 0 Å². The standard InChI is InChI=1S/C25H25N3P2/c1-28(29(24-18-10-4-11-19-24)26-22-14-6-2-7-15-22)30(25-20-12-5-13-21-25)27-23-16-8-3-9-17-23/h2-21,26-27H,1H3. The van der Waals surface area contributed by atoms with Crippen molar-refractivity contribution in [3.8, 4) is 0 Å². The molecule has 4 aromatic carbocycles. The number of nitrogens with one attached hydrogen (secondary N) is 2. The van der Waals surface area contributed by atoms with Gasteiger partial charge in [0.15, 0.2) is 0 Å². The van der Waals surface area contributed by atoms with Crippen LogP contribution in [0, 0.1) is 0 Å². The molecule has 150 valence electrons. The minimum Gasteiger partial charge on any atom is -0.348 e. The number of hydrogen-bond acceptors (Lipinski definition) is 3. The zero-order valence-corrected chi connectivity index (χ0v) is 18.7. The largest absolute Gasteiger partial charge is 0.348 e. The minimum absolute atomic E-state index is 0.803. The van der Waals surface area contributed by atoms with Crippen LogP contribution < -0.4 is 20.8 Å². The Hall–Kier alpha value is -2.70. The first-order valence-electron chi connectivity index (χ1n) is 9.88. The molecular weight excluding hydrogens is 404 g/mol. The van der Waals surface area contributed by atoms with Crippen molar-refractivity contribution in [3.05, 3.63) is 121 Å². The van der Waals surface area contributed by atoms with Crippen LogP contribution in [0.4, 0.5) is 11.4 Å². The SMILES string of the molecule is CN(P(Nc1ccccc1)c1ccccc1)P(Nc1ccccc1)c1ccccc1. The molecule has 5 heteroatoms. The highest BCUT2D eigenvalue weighted by molar-refractivity contribution is 7.79. The maximum absolute atomic E-state index is 3.80. The summed E-state index contributed by atoms with van der Waals surface area (Å²) < 4.78 is 2.47. The van der Waals surface area contributed by atoms with Crippen molar-refractivity contribution in [3.63, 3.8) is 0 Å². The number of benzene rings is 4. The van der Waals surface area contributed by atoms with Gasteiger partial charge in [0.1, 0.15) is 16.4 Å². The lowest BCUT2D eigenvalue weighted by atomic mass is 10.3. The molecule has 4 rings (SSSR count). The molecule has 0 aliphatic heterocycles. The van der Waals surface area contributed by atoms with Gasteiger partial charge in [-0.2, -0.15) is 0 Å². The van der Waals surface area contributed by atoms with Gasteiger partial charge >= 0.3 is 0 Å². The van der Waals surface area contributed by atoms with E-state index in [-0.39, 0.29) is 0 Å². The number of nitrogens with zero attached hydrogens (tertiary/aromatic N) is 1. The summed E-state index contributed by atoms with van der Waals surface area (Å²) in [6, 6.07) is 42.3. The molecule has 0 radical (unpaired) electrons. The molecule has 2 N–H and O–H groups in total. The first-order chi connectivity index (χ1) is 14.8. The number of hydrogen-bond donors (Lipinski definition) is 2. The molecule has 0 saturated heterocycles. The van der Waals surface area contributed by atoms with Crippen molar-refractivity contribution in [2.45, 2.75) is 0 Å². The molecular formula is C25H25N3P2. The van der Waals surface area contributed by atoms with Crippen LogP contribution in [0.1, 0.15) is 0 Å². The highest BCUT2D eigenvalue weighted by Crippen LogP contribution is 2.53. The van der Waals surface area contributed by atoms with Gasteiger partial charge in [-0.05, 0) is 31.3 Å². The maximum atomic E-state index is 3.80. The summed E-state index contributed by atoms with van der Waals surface area (Å²) in [5.74, 6) is 0. The summed E-state index contributed by atoms with van der Waals surface area (Å²) in [7, 11) is 0.606. The molecule has 3 nitrogen and oxygen atoms in total. The smallest absolute Gasteiger partial charge is 0.103 e. The van der Waals surface area contributed by atoms with Crippen LogP contribution >= 0.6 is 16.4 Å². The summed E-state index contributed by atoms with van der Waals surface area (Å²) in [6.45, 7) is 0. The predicted octanol–water partition coefficient (Wildman–Crippen LogP) is 6.42. The van der Waals surface area contributed by atoms with Crippen molar-refractivity contribution < 1.29 is 0 Å². The van der Waals surface area contributed by atoms with Crippen LogP contribution in [0.5, 0.6) is 0 Å². The Balaban J connectivity index is 1.70. The van der Waals surface area contributed by atoms with Crippen molar-refractivity contribution in [1.82, 2.24) is 4.44 Å². The Morgan fingerprint density at radius 1 is 0.467 bits per heavy atom. The van der Waals surface area contributed by atoms with Crippen LogP contribution in [0.3, 0.4) is 0 Å². The molecule has 0 aromatic heterocycles. The van der Waals surface area contributed by atoms with Crippen molar-refractivity contribution >= 4 is 38.4 Å². The monoisotopic (exact) mass is 429 g/mol. The molecule has 0 bridgehead atoms. The van der Waals surface area contributed by atoms with Gasteiger partial charge in [-0.15, -0.1) is 0 Å². The quantitative estimate of drug-likeness (QED) is 0.317. The minimum atomic E-state index is -0.803. The average molecular weight is 429 g/mol. The first-order valence-corrected chi connectivity index (χ1v) is 12.5. The number of para-hydroxylation sites is 2. The van der Waals surface area contributed by atoms with E-state index in [9.17, 15) is 0 Å². The second-order valence-corrected chi connectivity index (χ2v) is 11.0. The Labute approximate surface area is 181 Å². The van der Waals surface area contributed by atoms with E-state index in [1.807, 2.05) is 12.1 Å². The maximum Gasteiger partial charge on any atom is 0.103 e. The van der Waals surface area contributed by atoms with Gasteiger partial charge in [0.25, 0.3) is 0 Å². The van der Waals surface area contributed by atoms with Crippen LogP contribution in [0.15, 0.2) is 121 Å². The molecule has 0 fully saturated rings. The summed E-state index contributed by atoms with van der Waals surface area (Å²) in [6.07, 6.45) is 0. The average Bonchev–Trinajstić information content (AvgIpc) is 2.83. The van der Waals surface area contributed by atoms with Gasteiger partial charge < -0.3 is 10.2 Å². The van der Waals surface area contributed by atoms with Crippen LogP contribution in [0.2, 0.25) is 0 Å². The van der Waals surface area contributed by atoms with E-state index in [0.717, 1.165) is 11.4 Å². The fraction of sp³-hybridized carbons (Fsp3) is 0.0400. The summed E-state index contributed by atoms with van der Waals surface area (Å²) in [5, 5.41) is 10.2. The normalized spacial score (nSPS) is 12.9. The second kappa shape index (κ2) is 10.4. The predicted molar refractivity (Wildman–Crippen MR) is 134 cm³/mol. The van der Waals surface area contributed by atoms with E-state index in [0.29, 0.717) is 0 Å². The number of anilines is 2. The third-order valence-electron chi connectivity index (χ3n) is 4.60. The fourth-order valence-electron chi connectivity index (χ4n) is 3.11. The van der Waals surface area contributed by atoms with E-state index in [2.05, 4.69) is 131 Å². The van der Waals surface area contributed by atoms with Crippen molar-refractivity contribution in [2.24, 2.45) is 0 Å². The van der Waals surface area contributed by atoms with E-state index >= 15 is 0 Å². The molecule has 0 amide bonds. The second-order valence-electron chi connectivity index (χ2n) is 6.74.